The Balaban J connectivity index is 2.27. The van der Waals surface area contributed by atoms with Gasteiger partial charge >= 0.3 is 0 Å². The minimum Gasteiger partial charge on any atom is -0.321 e. The summed E-state index contributed by atoms with van der Waals surface area (Å²) in [6.07, 6.45) is 0.453. The quantitative estimate of drug-likeness (QED) is 0.884. The molecule has 18 heavy (non-hydrogen) atoms. The Morgan fingerprint density at radius 3 is 2.22 bits per heavy atom. The van der Waals surface area contributed by atoms with Gasteiger partial charge in [0, 0.05) is 11.1 Å². The second-order valence-corrected chi connectivity index (χ2v) is 4.70. The number of benzene rings is 2. The molecule has 0 bridgehead atoms. The zero-order valence-corrected chi connectivity index (χ0v) is 10.2. The van der Waals surface area contributed by atoms with Crippen molar-refractivity contribution in [1.29, 1.82) is 0 Å². The molecule has 0 saturated carbocycles. The van der Waals surface area contributed by atoms with E-state index in [-0.39, 0.29) is 11.6 Å². The topological polar surface area (TPSA) is 26.0 Å². The summed E-state index contributed by atoms with van der Waals surface area (Å²) < 4.78 is 26.5. The minimum absolute atomic E-state index is 0.289. The lowest BCUT2D eigenvalue weighted by atomic mass is 9.86. The van der Waals surface area contributed by atoms with Gasteiger partial charge in [-0.3, -0.25) is 0 Å². The zero-order chi connectivity index (χ0) is 13.2. The highest BCUT2D eigenvalue weighted by molar-refractivity contribution is 5.29. The van der Waals surface area contributed by atoms with Gasteiger partial charge < -0.3 is 5.73 Å². The van der Waals surface area contributed by atoms with Gasteiger partial charge in [0.25, 0.3) is 0 Å². The molecule has 0 aliphatic carbocycles. The summed E-state index contributed by atoms with van der Waals surface area (Å²) in [4.78, 5) is 0. The van der Waals surface area contributed by atoms with Crippen LogP contribution in [0, 0.1) is 11.6 Å². The lowest BCUT2D eigenvalue weighted by Crippen LogP contribution is -2.36. The van der Waals surface area contributed by atoms with Crippen molar-refractivity contribution >= 4 is 0 Å². The van der Waals surface area contributed by atoms with E-state index in [1.54, 1.807) is 37.3 Å². The summed E-state index contributed by atoms with van der Waals surface area (Å²) in [5.74, 6) is -0.604. The third-order valence-corrected chi connectivity index (χ3v) is 2.97. The SMILES string of the molecule is CC(N)(Cc1ccc(F)cc1)c1ccccc1F. The fourth-order valence-corrected chi connectivity index (χ4v) is 2.05. The molecule has 94 valence electrons. The minimum atomic E-state index is -0.816. The van der Waals surface area contributed by atoms with Gasteiger partial charge in [-0.1, -0.05) is 30.3 Å². The molecule has 2 N–H and O–H groups in total. The van der Waals surface area contributed by atoms with Crippen LogP contribution in [0.4, 0.5) is 8.78 Å². The van der Waals surface area contributed by atoms with Crippen LogP contribution in [0.5, 0.6) is 0 Å². The molecule has 2 aromatic carbocycles. The third-order valence-electron chi connectivity index (χ3n) is 2.97. The fourth-order valence-electron chi connectivity index (χ4n) is 2.05. The second kappa shape index (κ2) is 4.86. The van der Waals surface area contributed by atoms with Gasteiger partial charge in [-0.05, 0) is 37.1 Å². The summed E-state index contributed by atoms with van der Waals surface area (Å²) in [5, 5.41) is 0. The molecule has 0 amide bonds. The molecule has 2 rings (SSSR count). The van der Waals surface area contributed by atoms with Crippen molar-refractivity contribution in [1.82, 2.24) is 0 Å². The van der Waals surface area contributed by atoms with E-state index in [2.05, 4.69) is 0 Å². The van der Waals surface area contributed by atoms with Crippen molar-refractivity contribution in [2.45, 2.75) is 18.9 Å². The Morgan fingerprint density at radius 2 is 1.61 bits per heavy atom. The van der Waals surface area contributed by atoms with E-state index in [0.29, 0.717) is 12.0 Å². The van der Waals surface area contributed by atoms with Crippen molar-refractivity contribution in [3.63, 3.8) is 0 Å². The van der Waals surface area contributed by atoms with Gasteiger partial charge in [0.05, 0.1) is 0 Å². The Hall–Kier alpha value is -1.74. The normalized spacial score (nSPS) is 14.2. The number of rotatable bonds is 3. The predicted molar refractivity (Wildman–Crippen MR) is 68.0 cm³/mol. The van der Waals surface area contributed by atoms with Crippen LogP contribution < -0.4 is 5.73 Å². The van der Waals surface area contributed by atoms with Gasteiger partial charge in [-0.25, -0.2) is 8.78 Å². The third kappa shape index (κ3) is 2.74. The molecule has 1 nitrogen and oxygen atoms in total. The Kier molecular flexibility index (Phi) is 3.43. The maximum Gasteiger partial charge on any atom is 0.128 e. The number of hydrogen-bond donors (Lipinski definition) is 1. The molecule has 1 unspecified atom stereocenters. The Labute approximate surface area is 105 Å². The average molecular weight is 247 g/mol. The van der Waals surface area contributed by atoms with E-state index >= 15 is 0 Å². The van der Waals surface area contributed by atoms with Crippen LogP contribution in [0.3, 0.4) is 0 Å². The fraction of sp³-hybridized carbons (Fsp3) is 0.200. The molecule has 0 aliphatic heterocycles. The highest BCUT2D eigenvalue weighted by atomic mass is 19.1. The smallest absolute Gasteiger partial charge is 0.128 e. The van der Waals surface area contributed by atoms with Gasteiger partial charge in [-0.2, -0.15) is 0 Å². The van der Waals surface area contributed by atoms with Crippen LogP contribution in [0.2, 0.25) is 0 Å². The van der Waals surface area contributed by atoms with Crippen molar-refractivity contribution in [2.24, 2.45) is 5.73 Å². The monoisotopic (exact) mass is 247 g/mol. The van der Waals surface area contributed by atoms with Crippen LogP contribution in [0.1, 0.15) is 18.1 Å². The molecule has 0 aromatic heterocycles. The summed E-state index contributed by atoms with van der Waals surface area (Å²) >= 11 is 0. The summed E-state index contributed by atoms with van der Waals surface area (Å²) in [7, 11) is 0. The molecule has 1 atom stereocenters. The van der Waals surface area contributed by atoms with Crippen LogP contribution in [0.25, 0.3) is 0 Å². The lowest BCUT2D eigenvalue weighted by molar-refractivity contribution is 0.457. The van der Waals surface area contributed by atoms with Crippen molar-refractivity contribution in [3.8, 4) is 0 Å². The van der Waals surface area contributed by atoms with E-state index in [0.717, 1.165) is 5.56 Å². The highest BCUT2D eigenvalue weighted by Gasteiger charge is 2.24. The van der Waals surface area contributed by atoms with E-state index in [9.17, 15) is 8.78 Å². The average Bonchev–Trinajstić information content (AvgIpc) is 2.32. The van der Waals surface area contributed by atoms with E-state index in [4.69, 9.17) is 5.73 Å². The largest absolute Gasteiger partial charge is 0.321 e. The number of hydrogen-bond acceptors (Lipinski definition) is 1. The molecule has 0 spiro atoms. The molecule has 2 aromatic rings. The van der Waals surface area contributed by atoms with Crippen LogP contribution in [-0.4, -0.2) is 0 Å². The maximum atomic E-state index is 13.7. The first-order valence-electron chi connectivity index (χ1n) is 5.77. The zero-order valence-electron chi connectivity index (χ0n) is 10.2. The van der Waals surface area contributed by atoms with Crippen LogP contribution in [-0.2, 0) is 12.0 Å². The molecule has 0 fully saturated rings. The Morgan fingerprint density at radius 1 is 1.00 bits per heavy atom. The molecule has 0 saturated heterocycles. The first-order valence-corrected chi connectivity index (χ1v) is 5.77. The van der Waals surface area contributed by atoms with Gasteiger partial charge in [0.15, 0.2) is 0 Å². The van der Waals surface area contributed by atoms with Crippen LogP contribution in [0.15, 0.2) is 48.5 Å². The van der Waals surface area contributed by atoms with Gasteiger partial charge in [0.1, 0.15) is 11.6 Å². The van der Waals surface area contributed by atoms with Gasteiger partial charge in [-0.15, -0.1) is 0 Å². The molecular weight excluding hydrogens is 232 g/mol. The van der Waals surface area contributed by atoms with E-state index in [1.165, 1.54) is 18.2 Å². The first kappa shape index (κ1) is 12.7. The van der Waals surface area contributed by atoms with E-state index in [1.807, 2.05) is 0 Å². The predicted octanol–water partition coefficient (Wildman–Crippen LogP) is 3.38. The molecule has 0 heterocycles. The number of halogens is 2. The standard InChI is InChI=1S/C15H15F2N/c1-15(18,13-4-2-3-5-14(13)17)10-11-6-8-12(16)9-7-11/h2-9H,10,18H2,1H3. The molecule has 3 heteroatoms. The molecule has 0 aliphatic rings. The van der Waals surface area contributed by atoms with E-state index < -0.39 is 5.54 Å². The molecular formula is C15H15F2N. The highest BCUT2D eigenvalue weighted by Crippen LogP contribution is 2.25. The molecule has 0 radical (unpaired) electrons. The Bertz CT molecular complexity index is 532. The summed E-state index contributed by atoms with van der Waals surface area (Å²) in [6, 6.07) is 12.6. The summed E-state index contributed by atoms with van der Waals surface area (Å²) in [6.45, 7) is 1.77. The number of nitrogens with two attached hydrogens (primary N) is 1. The maximum absolute atomic E-state index is 13.7. The van der Waals surface area contributed by atoms with Crippen molar-refractivity contribution in [3.05, 3.63) is 71.3 Å². The first-order chi connectivity index (χ1) is 8.49. The second-order valence-electron chi connectivity index (χ2n) is 4.70. The van der Waals surface area contributed by atoms with Crippen LogP contribution >= 0.6 is 0 Å². The van der Waals surface area contributed by atoms with Crippen molar-refractivity contribution < 1.29 is 8.78 Å². The van der Waals surface area contributed by atoms with Gasteiger partial charge in [0.2, 0.25) is 0 Å². The summed E-state index contributed by atoms with van der Waals surface area (Å²) in [5.41, 5.74) is 6.71. The lowest BCUT2D eigenvalue weighted by Gasteiger charge is -2.25. The van der Waals surface area contributed by atoms with Crippen molar-refractivity contribution in [2.75, 3.05) is 0 Å².